The van der Waals surface area contributed by atoms with Crippen molar-refractivity contribution in [2.75, 3.05) is 11.9 Å². The summed E-state index contributed by atoms with van der Waals surface area (Å²) in [5, 5.41) is 5.53. The Morgan fingerprint density at radius 3 is 2.56 bits per heavy atom. The number of para-hydroxylation sites is 1. The van der Waals surface area contributed by atoms with Gasteiger partial charge in [-0.25, -0.2) is 9.18 Å². The minimum atomic E-state index is -0.532. The number of nitrogens with zero attached hydrogens (tertiary/aromatic N) is 1. The number of amides is 3. The fourth-order valence-corrected chi connectivity index (χ4v) is 2.94. The number of hydrogen-bond acceptors (Lipinski definition) is 2. The van der Waals surface area contributed by atoms with E-state index in [4.69, 9.17) is 0 Å². The van der Waals surface area contributed by atoms with Gasteiger partial charge in [-0.05, 0) is 31.0 Å². The van der Waals surface area contributed by atoms with Crippen LogP contribution in [0.3, 0.4) is 0 Å². The van der Waals surface area contributed by atoms with E-state index in [1.165, 1.54) is 11.0 Å². The third-order valence-electron chi connectivity index (χ3n) is 4.25. The highest BCUT2D eigenvalue weighted by Crippen LogP contribution is 2.19. The van der Waals surface area contributed by atoms with E-state index < -0.39 is 6.04 Å². The summed E-state index contributed by atoms with van der Waals surface area (Å²) in [5.41, 5.74) is 1.11. The molecule has 2 aromatic carbocycles. The highest BCUT2D eigenvalue weighted by Gasteiger charge is 2.34. The highest BCUT2D eigenvalue weighted by molar-refractivity contribution is 5.94. The summed E-state index contributed by atoms with van der Waals surface area (Å²) in [7, 11) is 0. The number of benzene rings is 2. The van der Waals surface area contributed by atoms with Crippen LogP contribution in [0, 0.1) is 5.82 Å². The molecule has 3 amide bonds. The number of halogens is 1. The first-order valence-electron chi connectivity index (χ1n) is 8.29. The van der Waals surface area contributed by atoms with E-state index in [1.54, 1.807) is 30.3 Å². The second kappa shape index (κ2) is 7.79. The standard InChI is InChI=1S/C19H20FN3O2/c20-16-10-5-4-7-14(16)13-21-18(24)17-11-6-12-23(17)19(25)22-15-8-2-1-3-9-15/h1-5,7-10,17H,6,11-13H2,(H,21,24)(H,22,25)/t17-/m1/s1. The molecule has 0 aromatic heterocycles. The van der Waals surface area contributed by atoms with Crippen LogP contribution in [-0.2, 0) is 11.3 Å². The SMILES string of the molecule is O=C(NCc1ccccc1F)[C@H]1CCCN1C(=O)Nc1ccccc1. The van der Waals surface area contributed by atoms with Gasteiger partial charge in [0.15, 0.2) is 0 Å². The molecule has 1 fully saturated rings. The van der Waals surface area contributed by atoms with Crippen LogP contribution in [0.2, 0.25) is 0 Å². The number of carbonyl (C=O) groups is 2. The van der Waals surface area contributed by atoms with Gasteiger partial charge in [0.2, 0.25) is 5.91 Å². The minimum absolute atomic E-state index is 0.107. The summed E-state index contributed by atoms with van der Waals surface area (Å²) >= 11 is 0. The van der Waals surface area contributed by atoms with E-state index in [-0.39, 0.29) is 24.3 Å². The molecule has 0 bridgehead atoms. The number of anilines is 1. The van der Waals surface area contributed by atoms with Crippen LogP contribution in [0.25, 0.3) is 0 Å². The van der Waals surface area contributed by atoms with Gasteiger partial charge in [-0.1, -0.05) is 36.4 Å². The van der Waals surface area contributed by atoms with Gasteiger partial charge in [0, 0.05) is 24.3 Å². The van der Waals surface area contributed by atoms with E-state index in [1.807, 2.05) is 18.2 Å². The molecular formula is C19H20FN3O2. The maximum Gasteiger partial charge on any atom is 0.322 e. The molecular weight excluding hydrogens is 321 g/mol. The lowest BCUT2D eigenvalue weighted by Crippen LogP contribution is -2.47. The molecule has 1 aliphatic rings. The Morgan fingerprint density at radius 1 is 1.08 bits per heavy atom. The molecule has 1 aliphatic heterocycles. The average molecular weight is 341 g/mol. The fraction of sp³-hybridized carbons (Fsp3) is 0.263. The van der Waals surface area contributed by atoms with Crippen LogP contribution in [0.5, 0.6) is 0 Å². The van der Waals surface area contributed by atoms with E-state index in [2.05, 4.69) is 10.6 Å². The molecule has 3 rings (SSSR count). The first-order chi connectivity index (χ1) is 12.1. The molecule has 5 nitrogen and oxygen atoms in total. The van der Waals surface area contributed by atoms with Crippen LogP contribution in [0.15, 0.2) is 54.6 Å². The Kier molecular flexibility index (Phi) is 5.28. The van der Waals surface area contributed by atoms with Gasteiger partial charge >= 0.3 is 6.03 Å². The van der Waals surface area contributed by atoms with Crippen molar-refractivity contribution in [1.29, 1.82) is 0 Å². The molecule has 1 atom stereocenters. The van der Waals surface area contributed by atoms with E-state index in [9.17, 15) is 14.0 Å². The molecule has 130 valence electrons. The van der Waals surface area contributed by atoms with Crippen molar-refractivity contribution in [2.24, 2.45) is 0 Å². The zero-order chi connectivity index (χ0) is 17.6. The molecule has 0 aliphatic carbocycles. The van der Waals surface area contributed by atoms with Crippen molar-refractivity contribution < 1.29 is 14.0 Å². The van der Waals surface area contributed by atoms with Crippen molar-refractivity contribution in [1.82, 2.24) is 10.2 Å². The predicted molar refractivity (Wildman–Crippen MR) is 93.4 cm³/mol. The molecule has 0 radical (unpaired) electrons. The van der Waals surface area contributed by atoms with Crippen molar-refractivity contribution in [2.45, 2.75) is 25.4 Å². The molecule has 2 N–H and O–H groups in total. The molecule has 25 heavy (non-hydrogen) atoms. The summed E-state index contributed by atoms with van der Waals surface area (Å²) in [4.78, 5) is 26.4. The first-order valence-corrected chi connectivity index (χ1v) is 8.29. The summed E-state index contributed by atoms with van der Waals surface area (Å²) in [5.74, 6) is -0.614. The van der Waals surface area contributed by atoms with Gasteiger partial charge in [-0.2, -0.15) is 0 Å². The number of urea groups is 1. The lowest BCUT2D eigenvalue weighted by Gasteiger charge is -2.24. The maximum absolute atomic E-state index is 13.6. The molecule has 2 aromatic rings. The Hall–Kier alpha value is -2.89. The van der Waals surface area contributed by atoms with E-state index >= 15 is 0 Å². The van der Waals surface area contributed by atoms with Crippen molar-refractivity contribution in [3.63, 3.8) is 0 Å². The number of carbonyl (C=O) groups excluding carboxylic acids is 2. The summed E-state index contributed by atoms with van der Waals surface area (Å²) < 4.78 is 13.6. The quantitative estimate of drug-likeness (QED) is 0.897. The zero-order valence-electron chi connectivity index (χ0n) is 13.7. The molecule has 0 saturated carbocycles. The number of rotatable bonds is 4. The topological polar surface area (TPSA) is 61.4 Å². The van der Waals surface area contributed by atoms with E-state index in [0.717, 1.165) is 6.42 Å². The Bertz CT molecular complexity index is 751. The van der Waals surface area contributed by atoms with Crippen LogP contribution >= 0.6 is 0 Å². The molecule has 0 spiro atoms. The van der Waals surface area contributed by atoms with Crippen molar-refractivity contribution >= 4 is 17.6 Å². The van der Waals surface area contributed by atoms with Crippen LogP contribution in [0.1, 0.15) is 18.4 Å². The minimum Gasteiger partial charge on any atom is -0.350 e. The number of hydrogen-bond donors (Lipinski definition) is 2. The van der Waals surface area contributed by atoms with Crippen LogP contribution in [-0.4, -0.2) is 29.4 Å². The van der Waals surface area contributed by atoms with Gasteiger partial charge in [-0.3, -0.25) is 4.79 Å². The van der Waals surface area contributed by atoms with Gasteiger partial charge in [0.1, 0.15) is 11.9 Å². The van der Waals surface area contributed by atoms with Crippen molar-refractivity contribution in [3.05, 3.63) is 66.0 Å². The zero-order valence-corrected chi connectivity index (χ0v) is 13.7. The summed E-state index contributed by atoms with van der Waals surface area (Å²) in [6.07, 6.45) is 1.37. The first kappa shape index (κ1) is 17.0. The molecule has 1 heterocycles. The smallest absolute Gasteiger partial charge is 0.322 e. The second-order valence-electron chi connectivity index (χ2n) is 5.96. The lowest BCUT2D eigenvalue weighted by atomic mass is 10.2. The third kappa shape index (κ3) is 4.15. The molecule has 6 heteroatoms. The Labute approximate surface area is 145 Å². The van der Waals surface area contributed by atoms with Gasteiger partial charge in [0.25, 0.3) is 0 Å². The van der Waals surface area contributed by atoms with Gasteiger partial charge < -0.3 is 15.5 Å². The Balaban J connectivity index is 1.59. The average Bonchev–Trinajstić information content (AvgIpc) is 3.12. The maximum atomic E-state index is 13.6. The molecule has 1 saturated heterocycles. The number of likely N-dealkylation sites (tertiary alicyclic amines) is 1. The van der Waals surface area contributed by atoms with Gasteiger partial charge in [-0.15, -0.1) is 0 Å². The van der Waals surface area contributed by atoms with Crippen LogP contribution in [0.4, 0.5) is 14.9 Å². The molecule has 0 unspecified atom stereocenters. The normalized spacial score (nSPS) is 16.5. The predicted octanol–water partition coefficient (Wildman–Crippen LogP) is 3.14. The van der Waals surface area contributed by atoms with Crippen molar-refractivity contribution in [3.8, 4) is 0 Å². The fourth-order valence-electron chi connectivity index (χ4n) is 2.94. The monoisotopic (exact) mass is 341 g/mol. The van der Waals surface area contributed by atoms with E-state index in [0.29, 0.717) is 24.2 Å². The summed E-state index contributed by atoms with van der Waals surface area (Å²) in [6.45, 7) is 0.632. The Morgan fingerprint density at radius 2 is 1.80 bits per heavy atom. The lowest BCUT2D eigenvalue weighted by molar-refractivity contribution is -0.124. The number of nitrogens with one attached hydrogen (secondary N) is 2. The summed E-state index contributed by atoms with van der Waals surface area (Å²) in [6, 6.07) is 14.6. The second-order valence-corrected chi connectivity index (χ2v) is 5.96. The van der Waals surface area contributed by atoms with Crippen LogP contribution < -0.4 is 10.6 Å². The highest BCUT2D eigenvalue weighted by atomic mass is 19.1. The largest absolute Gasteiger partial charge is 0.350 e. The third-order valence-corrected chi connectivity index (χ3v) is 4.25. The van der Waals surface area contributed by atoms with Gasteiger partial charge in [0.05, 0.1) is 0 Å².